The molecule has 0 saturated heterocycles. The van der Waals surface area contributed by atoms with Crippen molar-refractivity contribution in [2.45, 2.75) is 16.5 Å². The van der Waals surface area contributed by atoms with E-state index in [-0.39, 0.29) is 5.56 Å². The molecule has 20 heavy (non-hydrogen) atoms. The lowest BCUT2D eigenvalue weighted by Gasteiger charge is -2.12. The first-order valence-electron chi connectivity index (χ1n) is 6.21. The number of ether oxygens (including phenoxy) is 1. The van der Waals surface area contributed by atoms with E-state index in [1.807, 2.05) is 30.5 Å². The largest absolute Gasteiger partial charge is 0.497 e. The zero-order valence-electron chi connectivity index (χ0n) is 11.3. The molecule has 6 heteroatoms. The number of hydrogen-bond acceptors (Lipinski definition) is 5. The molecule has 1 aromatic heterocycles. The van der Waals surface area contributed by atoms with Crippen molar-refractivity contribution in [1.82, 2.24) is 9.55 Å². The normalized spacial score (nSPS) is 13.3. The minimum Gasteiger partial charge on any atom is -0.497 e. The lowest BCUT2D eigenvalue weighted by Crippen LogP contribution is -2.23. The van der Waals surface area contributed by atoms with Crippen LogP contribution in [0.2, 0.25) is 0 Å². The van der Waals surface area contributed by atoms with Crippen LogP contribution in [0.5, 0.6) is 5.75 Å². The van der Waals surface area contributed by atoms with E-state index in [1.165, 1.54) is 11.8 Å². The van der Waals surface area contributed by atoms with Crippen molar-refractivity contribution >= 4 is 23.5 Å². The Morgan fingerprint density at radius 1 is 1.35 bits per heavy atom. The van der Waals surface area contributed by atoms with Gasteiger partial charge in [0.2, 0.25) is 0 Å². The van der Waals surface area contributed by atoms with Crippen molar-refractivity contribution in [2.75, 3.05) is 19.1 Å². The number of methoxy groups -OCH3 is 1. The average Bonchev–Trinajstić information content (AvgIpc) is 2.96. The van der Waals surface area contributed by atoms with Gasteiger partial charge < -0.3 is 4.74 Å². The van der Waals surface area contributed by atoms with Crippen LogP contribution in [0.25, 0.3) is 5.69 Å². The molecule has 0 radical (unpaired) electrons. The Hall–Kier alpha value is -1.40. The van der Waals surface area contributed by atoms with Gasteiger partial charge >= 0.3 is 0 Å². The summed E-state index contributed by atoms with van der Waals surface area (Å²) in [5, 5.41) is 0.737. The van der Waals surface area contributed by atoms with E-state index in [4.69, 9.17) is 4.74 Å². The van der Waals surface area contributed by atoms with E-state index in [0.717, 1.165) is 39.4 Å². The highest BCUT2D eigenvalue weighted by Gasteiger charge is 2.21. The second-order valence-electron chi connectivity index (χ2n) is 4.31. The maximum Gasteiger partial charge on any atom is 0.272 e. The summed E-state index contributed by atoms with van der Waals surface area (Å²) in [5.41, 5.74) is 1.80. The third-order valence-electron chi connectivity index (χ3n) is 3.18. The van der Waals surface area contributed by atoms with Crippen molar-refractivity contribution in [3.05, 3.63) is 40.3 Å². The monoisotopic (exact) mass is 306 g/mol. The molecule has 1 aromatic carbocycles. The van der Waals surface area contributed by atoms with Gasteiger partial charge in [-0.1, -0.05) is 11.8 Å². The summed E-state index contributed by atoms with van der Waals surface area (Å²) in [7, 11) is 1.63. The molecule has 0 unspecified atom stereocenters. The molecule has 0 atom stereocenters. The first-order valence-corrected chi connectivity index (χ1v) is 8.42. The number of benzene rings is 1. The van der Waals surface area contributed by atoms with Crippen LogP contribution < -0.4 is 10.3 Å². The van der Waals surface area contributed by atoms with Gasteiger partial charge in [0.05, 0.1) is 23.4 Å². The smallest absolute Gasteiger partial charge is 0.272 e. The van der Waals surface area contributed by atoms with Gasteiger partial charge in [0, 0.05) is 12.2 Å². The van der Waals surface area contributed by atoms with Crippen LogP contribution >= 0.6 is 23.5 Å². The van der Waals surface area contributed by atoms with Gasteiger partial charge in [-0.2, -0.15) is 0 Å². The molecule has 1 aliphatic rings. The highest BCUT2D eigenvalue weighted by Crippen LogP contribution is 2.29. The maximum atomic E-state index is 12.7. The lowest BCUT2D eigenvalue weighted by molar-refractivity contribution is 0.414. The van der Waals surface area contributed by atoms with Crippen LogP contribution in [0, 0.1) is 0 Å². The van der Waals surface area contributed by atoms with E-state index in [2.05, 4.69) is 4.98 Å². The number of hydrogen-bond donors (Lipinski definition) is 0. The molecule has 0 aliphatic carbocycles. The van der Waals surface area contributed by atoms with Gasteiger partial charge in [0.15, 0.2) is 5.16 Å². The third kappa shape index (κ3) is 2.23. The lowest BCUT2D eigenvalue weighted by atomic mass is 10.3. The van der Waals surface area contributed by atoms with E-state index >= 15 is 0 Å². The zero-order chi connectivity index (χ0) is 14.1. The number of aryl methyl sites for hydroxylation is 1. The number of fused-ring (bicyclic) bond motifs is 1. The molecule has 1 aliphatic heterocycles. The first kappa shape index (κ1) is 13.6. The van der Waals surface area contributed by atoms with Gasteiger partial charge in [-0.3, -0.25) is 9.36 Å². The summed E-state index contributed by atoms with van der Waals surface area (Å²) in [4.78, 5) is 18.1. The molecule has 3 rings (SSSR count). The minimum absolute atomic E-state index is 0.0343. The molecule has 4 nitrogen and oxygen atoms in total. The molecular formula is C14H14N2O2S2. The summed E-state index contributed by atoms with van der Waals surface area (Å²) in [6, 6.07) is 7.47. The first-order chi connectivity index (χ1) is 9.74. The predicted molar refractivity (Wildman–Crippen MR) is 82.6 cm³/mol. The van der Waals surface area contributed by atoms with Crippen LogP contribution in [0.4, 0.5) is 0 Å². The van der Waals surface area contributed by atoms with Crippen molar-refractivity contribution < 1.29 is 4.74 Å². The van der Waals surface area contributed by atoms with Gasteiger partial charge in [-0.15, -0.1) is 11.8 Å². The van der Waals surface area contributed by atoms with Gasteiger partial charge in [0.1, 0.15) is 5.75 Å². The Morgan fingerprint density at radius 3 is 2.75 bits per heavy atom. The summed E-state index contributed by atoms with van der Waals surface area (Å²) >= 11 is 3.09. The molecule has 0 amide bonds. The van der Waals surface area contributed by atoms with E-state index in [0.29, 0.717) is 0 Å². The topological polar surface area (TPSA) is 44.1 Å². The van der Waals surface area contributed by atoms with Gasteiger partial charge in [-0.25, -0.2) is 4.98 Å². The fourth-order valence-corrected chi connectivity index (χ4v) is 3.79. The summed E-state index contributed by atoms with van der Waals surface area (Å²) in [5.74, 6) is 1.72. The fraction of sp³-hybridized carbons (Fsp3) is 0.286. The van der Waals surface area contributed by atoms with E-state index in [9.17, 15) is 4.79 Å². The van der Waals surface area contributed by atoms with Crippen molar-refractivity contribution in [2.24, 2.45) is 0 Å². The Bertz CT molecular complexity index is 696. The number of nitrogens with zero attached hydrogens (tertiary/aromatic N) is 2. The quantitative estimate of drug-likeness (QED) is 0.644. The molecule has 0 fully saturated rings. The summed E-state index contributed by atoms with van der Waals surface area (Å²) in [6.07, 6.45) is 2.82. The van der Waals surface area contributed by atoms with Crippen LogP contribution in [0.15, 0.2) is 39.1 Å². The van der Waals surface area contributed by atoms with Crippen LogP contribution in [0.3, 0.4) is 0 Å². The van der Waals surface area contributed by atoms with E-state index in [1.54, 1.807) is 23.4 Å². The zero-order valence-corrected chi connectivity index (χ0v) is 12.9. The van der Waals surface area contributed by atoms with Crippen LogP contribution in [-0.2, 0) is 6.42 Å². The Balaban J connectivity index is 2.19. The molecule has 104 valence electrons. The molecule has 0 N–H and O–H groups in total. The minimum atomic E-state index is 0.0343. The molecule has 0 spiro atoms. The SMILES string of the molecule is COc1ccc(-n2c(SC)nc3c(c2=O)SCC3)cc1. The Labute approximate surface area is 125 Å². The van der Waals surface area contributed by atoms with Gasteiger partial charge in [0.25, 0.3) is 5.56 Å². The Kier molecular flexibility index (Phi) is 3.76. The summed E-state index contributed by atoms with van der Waals surface area (Å²) in [6.45, 7) is 0. The average molecular weight is 306 g/mol. The number of aromatic nitrogens is 2. The standard InChI is InChI=1S/C14H14N2O2S2/c1-18-10-5-3-9(4-6-10)16-13(17)12-11(7-8-20-12)15-14(16)19-2/h3-6H,7-8H2,1-2H3. The predicted octanol–water partition coefficient (Wildman–Crippen LogP) is 2.61. The number of rotatable bonds is 3. The van der Waals surface area contributed by atoms with Crippen molar-refractivity contribution in [3.8, 4) is 11.4 Å². The molecule has 2 aromatic rings. The number of thioether (sulfide) groups is 2. The maximum absolute atomic E-state index is 12.7. The summed E-state index contributed by atoms with van der Waals surface area (Å²) < 4.78 is 6.84. The Morgan fingerprint density at radius 2 is 2.10 bits per heavy atom. The second kappa shape index (κ2) is 5.54. The highest BCUT2D eigenvalue weighted by molar-refractivity contribution is 7.99. The second-order valence-corrected chi connectivity index (χ2v) is 6.19. The molecular weight excluding hydrogens is 292 g/mol. The van der Waals surface area contributed by atoms with Crippen LogP contribution in [-0.4, -0.2) is 28.7 Å². The van der Waals surface area contributed by atoms with Crippen molar-refractivity contribution in [1.29, 1.82) is 0 Å². The highest BCUT2D eigenvalue weighted by atomic mass is 32.2. The van der Waals surface area contributed by atoms with Crippen LogP contribution in [0.1, 0.15) is 5.69 Å². The van der Waals surface area contributed by atoms with E-state index < -0.39 is 0 Å². The van der Waals surface area contributed by atoms with Crippen molar-refractivity contribution in [3.63, 3.8) is 0 Å². The molecule has 0 bridgehead atoms. The molecule has 2 heterocycles. The molecule has 0 saturated carbocycles. The fourth-order valence-electron chi connectivity index (χ4n) is 2.19. The van der Waals surface area contributed by atoms with Gasteiger partial charge in [-0.05, 0) is 30.5 Å². The third-order valence-corrected chi connectivity index (χ3v) is 4.93.